The van der Waals surface area contributed by atoms with Gasteiger partial charge in [0.2, 0.25) is 0 Å². The SMILES string of the molecule is C=CC(=C\C=C/C(C)CC)/N=C(\C(=C/N)C(=O)O)C(F)(F)F. The molecule has 0 rings (SSSR count). The van der Waals surface area contributed by atoms with E-state index < -0.39 is 23.4 Å². The van der Waals surface area contributed by atoms with E-state index in [9.17, 15) is 18.0 Å². The molecule has 0 aromatic heterocycles. The Morgan fingerprint density at radius 1 is 1.45 bits per heavy atom. The zero-order valence-electron chi connectivity index (χ0n) is 12.4. The molecule has 22 heavy (non-hydrogen) atoms. The number of nitrogens with zero attached hydrogens (tertiary/aromatic N) is 1. The Bertz CT molecular complexity index is 529. The van der Waals surface area contributed by atoms with Crippen molar-refractivity contribution in [1.82, 2.24) is 0 Å². The first kappa shape index (κ1) is 19.7. The topological polar surface area (TPSA) is 75.7 Å². The van der Waals surface area contributed by atoms with E-state index in [1.807, 2.05) is 13.8 Å². The number of hydrogen-bond donors (Lipinski definition) is 2. The third-order valence-corrected chi connectivity index (χ3v) is 2.72. The van der Waals surface area contributed by atoms with Gasteiger partial charge in [0.25, 0.3) is 0 Å². The number of halogens is 3. The molecular weight excluding hydrogens is 297 g/mol. The van der Waals surface area contributed by atoms with Gasteiger partial charge in [-0.2, -0.15) is 13.2 Å². The maximum Gasteiger partial charge on any atom is 0.434 e. The zero-order valence-corrected chi connectivity index (χ0v) is 12.4. The molecule has 1 unspecified atom stereocenters. The molecule has 0 saturated carbocycles. The van der Waals surface area contributed by atoms with Crippen molar-refractivity contribution in [3.05, 3.63) is 48.4 Å². The highest BCUT2D eigenvalue weighted by atomic mass is 19.4. The summed E-state index contributed by atoms with van der Waals surface area (Å²) < 4.78 is 38.8. The quantitative estimate of drug-likeness (QED) is 0.428. The Morgan fingerprint density at radius 3 is 2.41 bits per heavy atom. The fraction of sp³-hybridized carbons (Fsp3) is 0.333. The second-order valence-corrected chi connectivity index (χ2v) is 4.41. The first-order valence-corrected chi connectivity index (χ1v) is 6.49. The molecule has 0 amide bonds. The lowest BCUT2D eigenvalue weighted by Crippen LogP contribution is -2.29. The van der Waals surface area contributed by atoms with Gasteiger partial charge in [-0.3, -0.25) is 0 Å². The third kappa shape index (κ3) is 6.43. The van der Waals surface area contributed by atoms with Crippen molar-refractivity contribution >= 4 is 11.7 Å². The third-order valence-electron chi connectivity index (χ3n) is 2.72. The first-order valence-electron chi connectivity index (χ1n) is 6.49. The molecule has 0 aliphatic rings. The van der Waals surface area contributed by atoms with Crippen LogP contribution in [0.4, 0.5) is 13.2 Å². The van der Waals surface area contributed by atoms with Crippen molar-refractivity contribution in [1.29, 1.82) is 0 Å². The highest BCUT2D eigenvalue weighted by molar-refractivity contribution is 6.21. The zero-order chi connectivity index (χ0) is 17.3. The number of carboxylic acids is 1. The van der Waals surface area contributed by atoms with Crippen LogP contribution >= 0.6 is 0 Å². The molecule has 3 N–H and O–H groups in total. The molecule has 0 aromatic rings. The lowest BCUT2D eigenvalue weighted by Gasteiger charge is -2.11. The number of carboxylic acid groups (broad SMARTS) is 1. The van der Waals surface area contributed by atoms with Crippen molar-refractivity contribution in [2.45, 2.75) is 26.4 Å². The molecule has 0 aromatic carbocycles. The van der Waals surface area contributed by atoms with E-state index in [1.54, 1.807) is 12.2 Å². The van der Waals surface area contributed by atoms with Gasteiger partial charge in [-0.05, 0) is 18.1 Å². The van der Waals surface area contributed by atoms with Crippen LogP contribution in [0.1, 0.15) is 20.3 Å². The summed E-state index contributed by atoms with van der Waals surface area (Å²) in [6, 6.07) is 0. The predicted octanol–water partition coefficient (Wildman–Crippen LogP) is 3.59. The number of aliphatic imine (C=N–C) groups is 1. The van der Waals surface area contributed by atoms with E-state index >= 15 is 0 Å². The summed E-state index contributed by atoms with van der Waals surface area (Å²) >= 11 is 0. The first-order chi connectivity index (χ1) is 10.2. The number of carbonyl (C=O) groups is 1. The molecule has 122 valence electrons. The van der Waals surface area contributed by atoms with Crippen LogP contribution in [0.2, 0.25) is 0 Å². The monoisotopic (exact) mass is 316 g/mol. The highest BCUT2D eigenvalue weighted by Crippen LogP contribution is 2.24. The Hall–Kier alpha value is -2.31. The average molecular weight is 316 g/mol. The minimum absolute atomic E-state index is 0.118. The van der Waals surface area contributed by atoms with Crippen molar-refractivity contribution in [2.75, 3.05) is 0 Å². The molecule has 0 saturated heterocycles. The molecule has 0 aliphatic carbocycles. The van der Waals surface area contributed by atoms with E-state index in [4.69, 9.17) is 10.8 Å². The molecule has 4 nitrogen and oxygen atoms in total. The van der Waals surface area contributed by atoms with Crippen LogP contribution in [0.15, 0.2) is 53.3 Å². The number of rotatable bonds is 7. The Balaban J connectivity index is 5.76. The smallest absolute Gasteiger partial charge is 0.434 e. The van der Waals surface area contributed by atoms with Crippen molar-refractivity contribution < 1.29 is 23.1 Å². The summed E-state index contributed by atoms with van der Waals surface area (Å²) in [7, 11) is 0. The van der Waals surface area contributed by atoms with E-state index in [2.05, 4.69) is 11.6 Å². The molecule has 0 spiro atoms. The van der Waals surface area contributed by atoms with Crippen molar-refractivity contribution in [2.24, 2.45) is 16.6 Å². The number of hydrogen-bond acceptors (Lipinski definition) is 3. The Labute approximate surface area is 127 Å². The summed E-state index contributed by atoms with van der Waals surface area (Å²) in [5.41, 5.74) is 2.15. The maximum atomic E-state index is 12.9. The van der Waals surface area contributed by atoms with Crippen LogP contribution in [0.25, 0.3) is 0 Å². The number of alkyl halides is 3. The normalized spacial score (nSPS) is 16.0. The molecule has 1 atom stereocenters. The van der Waals surface area contributed by atoms with Crippen molar-refractivity contribution in [3.8, 4) is 0 Å². The largest absolute Gasteiger partial charge is 0.478 e. The van der Waals surface area contributed by atoms with Crippen LogP contribution in [0, 0.1) is 5.92 Å². The number of allylic oxidation sites excluding steroid dienone is 4. The van der Waals surface area contributed by atoms with Crippen LogP contribution in [0.5, 0.6) is 0 Å². The van der Waals surface area contributed by atoms with Crippen LogP contribution in [-0.2, 0) is 4.79 Å². The van der Waals surface area contributed by atoms with Gasteiger partial charge in [-0.1, -0.05) is 39.0 Å². The fourth-order valence-electron chi connectivity index (χ4n) is 1.29. The summed E-state index contributed by atoms with van der Waals surface area (Å²) in [5.74, 6) is -1.55. The Kier molecular flexibility index (Phi) is 7.93. The summed E-state index contributed by atoms with van der Waals surface area (Å²) in [4.78, 5) is 14.2. The average Bonchev–Trinajstić information content (AvgIpc) is 2.43. The van der Waals surface area contributed by atoms with Crippen molar-refractivity contribution in [3.63, 3.8) is 0 Å². The minimum atomic E-state index is -4.95. The Morgan fingerprint density at radius 2 is 2.05 bits per heavy atom. The molecule has 0 radical (unpaired) electrons. The molecule has 0 aliphatic heterocycles. The summed E-state index contributed by atoms with van der Waals surface area (Å²) in [6.07, 6.45) is 2.06. The van der Waals surface area contributed by atoms with Gasteiger partial charge in [0.1, 0.15) is 5.57 Å². The van der Waals surface area contributed by atoms with E-state index in [1.165, 1.54) is 6.08 Å². The number of nitrogens with two attached hydrogens (primary N) is 1. The van der Waals surface area contributed by atoms with Gasteiger partial charge in [-0.25, -0.2) is 9.79 Å². The summed E-state index contributed by atoms with van der Waals surface area (Å²) in [6.45, 7) is 7.29. The highest BCUT2D eigenvalue weighted by Gasteiger charge is 2.40. The molecule has 0 heterocycles. The van der Waals surface area contributed by atoms with E-state index in [0.29, 0.717) is 6.20 Å². The second kappa shape index (κ2) is 8.86. The van der Waals surface area contributed by atoms with Gasteiger partial charge in [0, 0.05) is 6.20 Å². The molecule has 7 heteroatoms. The lowest BCUT2D eigenvalue weighted by molar-refractivity contribution is -0.132. The minimum Gasteiger partial charge on any atom is -0.478 e. The van der Waals surface area contributed by atoms with Gasteiger partial charge < -0.3 is 10.8 Å². The molecule has 0 bridgehead atoms. The number of aliphatic carboxylic acids is 1. The predicted molar refractivity (Wildman–Crippen MR) is 80.3 cm³/mol. The van der Waals surface area contributed by atoms with E-state index in [0.717, 1.165) is 12.5 Å². The standard InChI is InChI=1S/C15H19F3N2O2/c1-4-10(3)7-6-8-11(5-2)20-13(15(16,17)18)12(9-19)14(21)22/h5-10H,2,4,19H2,1,3H3,(H,21,22)/b7-6-,11-8+,12-9+,20-13+. The van der Waals surface area contributed by atoms with Gasteiger partial charge in [0.05, 0.1) is 5.70 Å². The van der Waals surface area contributed by atoms with Gasteiger partial charge in [-0.15, -0.1) is 0 Å². The molecular formula is C15H19F3N2O2. The van der Waals surface area contributed by atoms with Crippen LogP contribution < -0.4 is 5.73 Å². The fourth-order valence-corrected chi connectivity index (χ4v) is 1.29. The maximum absolute atomic E-state index is 12.9. The van der Waals surface area contributed by atoms with Crippen LogP contribution in [-0.4, -0.2) is 23.0 Å². The lowest BCUT2D eigenvalue weighted by atomic mass is 10.1. The molecule has 0 fully saturated rings. The van der Waals surface area contributed by atoms with Gasteiger partial charge in [0.15, 0.2) is 5.71 Å². The summed E-state index contributed by atoms with van der Waals surface area (Å²) in [5, 5.41) is 8.78. The van der Waals surface area contributed by atoms with Crippen LogP contribution in [0.3, 0.4) is 0 Å². The van der Waals surface area contributed by atoms with E-state index in [-0.39, 0.29) is 11.6 Å². The van der Waals surface area contributed by atoms with Gasteiger partial charge >= 0.3 is 12.1 Å². The second-order valence-electron chi connectivity index (χ2n) is 4.41.